The molecule has 5 aromatic carbocycles. The third-order valence-electron chi connectivity index (χ3n) is 9.68. The number of aliphatic hydroxyl groups excluding tert-OH is 1. The van der Waals surface area contributed by atoms with Crippen LogP contribution in [0.15, 0.2) is 133 Å². The summed E-state index contributed by atoms with van der Waals surface area (Å²) in [5, 5.41) is 28.5. The van der Waals surface area contributed by atoms with Gasteiger partial charge in [0, 0.05) is 37.1 Å². The highest BCUT2D eigenvalue weighted by Gasteiger charge is 2.32. The molecule has 5 N–H and O–H groups in total. The van der Waals surface area contributed by atoms with Crippen molar-refractivity contribution < 1.29 is 24.2 Å². The van der Waals surface area contributed by atoms with E-state index in [9.17, 15) is 14.7 Å². The Labute approximate surface area is 335 Å². The number of benzene rings is 5. The zero-order chi connectivity index (χ0) is 39.4. The molecule has 292 valence electrons. The van der Waals surface area contributed by atoms with Gasteiger partial charge in [-0.15, -0.1) is 5.10 Å². The summed E-state index contributed by atoms with van der Waals surface area (Å²) in [6, 6.07) is 41.0. The Hall–Kier alpha value is -5.86. The van der Waals surface area contributed by atoms with Crippen LogP contribution in [0.1, 0.15) is 66.8 Å². The van der Waals surface area contributed by atoms with Crippen molar-refractivity contribution in [2.45, 2.75) is 68.9 Å². The normalized spacial score (nSPS) is 16.5. The van der Waals surface area contributed by atoms with Gasteiger partial charge in [-0.2, -0.15) is 4.68 Å². The number of nitrogens with zero attached hydrogens (tertiary/aromatic N) is 4. The standard InChI is InChI=1S/C44H45N7O5S/c45-38-13-4-5-14-39(38)47-42(54)16-7-6-15-41(53)46-27-31-9-8-10-35(25-31)32-21-23-34(24-22-32)43-55-37(26-40(56-43)33-19-17-30(28-52)18-20-33)29-57-44-48-49-50-51(44)36-11-2-1-3-12-36/h1-5,8-14,17-25,37,40,43,52H,6-7,15-16,26-29,45H2,(H,46,53)(H,47,54)/t37-,40+,43+/m1/s1. The molecule has 1 aliphatic heterocycles. The molecule has 0 aliphatic carbocycles. The van der Waals surface area contributed by atoms with Crippen LogP contribution < -0.4 is 16.4 Å². The summed E-state index contributed by atoms with van der Waals surface area (Å²) in [6.45, 7) is 0.381. The van der Waals surface area contributed by atoms with Crippen LogP contribution in [0, 0.1) is 0 Å². The molecule has 57 heavy (non-hydrogen) atoms. The second-order valence-electron chi connectivity index (χ2n) is 13.8. The smallest absolute Gasteiger partial charge is 0.224 e. The minimum Gasteiger partial charge on any atom is -0.397 e. The molecule has 2 amide bonds. The predicted molar refractivity (Wildman–Crippen MR) is 220 cm³/mol. The number of carbonyl (C=O) groups excluding carboxylic acids is 2. The van der Waals surface area contributed by atoms with E-state index in [0.29, 0.717) is 60.9 Å². The third-order valence-corrected chi connectivity index (χ3v) is 10.7. The molecule has 13 heteroatoms. The fourth-order valence-corrected chi connectivity index (χ4v) is 7.48. The Kier molecular flexibility index (Phi) is 13.4. The average molecular weight is 784 g/mol. The number of carbonyl (C=O) groups is 2. The molecule has 2 heterocycles. The summed E-state index contributed by atoms with van der Waals surface area (Å²) in [6.07, 6.45) is 1.51. The number of thioether (sulfide) groups is 1. The molecule has 7 rings (SSSR count). The second-order valence-corrected chi connectivity index (χ2v) is 14.8. The van der Waals surface area contributed by atoms with Gasteiger partial charge in [0.2, 0.25) is 17.0 Å². The van der Waals surface area contributed by atoms with Gasteiger partial charge in [0.05, 0.1) is 35.9 Å². The van der Waals surface area contributed by atoms with E-state index >= 15 is 0 Å². The number of aliphatic hydroxyl groups is 1. The Morgan fingerprint density at radius 3 is 2.30 bits per heavy atom. The molecule has 12 nitrogen and oxygen atoms in total. The van der Waals surface area contributed by atoms with Gasteiger partial charge >= 0.3 is 0 Å². The van der Waals surface area contributed by atoms with Gasteiger partial charge in [-0.25, -0.2) is 0 Å². The number of anilines is 2. The highest BCUT2D eigenvalue weighted by Crippen LogP contribution is 2.40. The first kappa shape index (κ1) is 39.4. The Bertz CT molecular complexity index is 2230. The highest BCUT2D eigenvalue weighted by atomic mass is 32.2. The molecular formula is C44H45N7O5S. The molecule has 0 saturated carbocycles. The van der Waals surface area contributed by atoms with Gasteiger partial charge in [0.1, 0.15) is 0 Å². The van der Waals surface area contributed by atoms with Crippen molar-refractivity contribution in [2.75, 3.05) is 16.8 Å². The Balaban J connectivity index is 0.945. The SMILES string of the molecule is Nc1ccccc1NC(=O)CCCCC(=O)NCc1cccc(-c2ccc([C@H]3O[C@@H](CSc4nnnn4-c4ccccc4)C[C@@H](c4ccc(CO)cc4)O3)cc2)c1. The van der Waals surface area contributed by atoms with E-state index < -0.39 is 6.29 Å². The van der Waals surface area contributed by atoms with Crippen LogP contribution in [-0.2, 0) is 32.2 Å². The molecule has 0 radical (unpaired) electrons. The van der Waals surface area contributed by atoms with Crippen LogP contribution >= 0.6 is 11.8 Å². The molecule has 0 unspecified atom stereocenters. The van der Waals surface area contributed by atoms with Crippen molar-refractivity contribution in [3.05, 3.63) is 150 Å². The van der Waals surface area contributed by atoms with Crippen molar-refractivity contribution in [2.24, 2.45) is 0 Å². The largest absolute Gasteiger partial charge is 0.397 e. The number of tetrazole rings is 1. The van der Waals surface area contributed by atoms with Crippen LogP contribution in [0.5, 0.6) is 0 Å². The van der Waals surface area contributed by atoms with Gasteiger partial charge in [0.25, 0.3) is 0 Å². The van der Waals surface area contributed by atoms with Crippen molar-refractivity contribution >= 4 is 35.0 Å². The molecule has 3 atom stereocenters. The summed E-state index contributed by atoms with van der Waals surface area (Å²) in [4.78, 5) is 24.9. The lowest BCUT2D eigenvalue weighted by Gasteiger charge is -2.36. The third kappa shape index (κ3) is 10.7. The van der Waals surface area contributed by atoms with E-state index in [1.807, 2.05) is 97.1 Å². The molecule has 1 fully saturated rings. The molecule has 0 bridgehead atoms. The zero-order valence-corrected chi connectivity index (χ0v) is 32.2. The Morgan fingerprint density at radius 1 is 0.789 bits per heavy atom. The first-order valence-corrected chi connectivity index (χ1v) is 20.0. The van der Waals surface area contributed by atoms with E-state index in [1.165, 1.54) is 11.8 Å². The summed E-state index contributed by atoms with van der Waals surface area (Å²) in [7, 11) is 0. The fraction of sp³-hybridized carbons (Fsp3) is 0.250. The van der Waals surface area contributed by atoms with Crippen LogP contribution in [-0.4, -0.2) is 49.0 Å². The highest BCUT2D eigenvalue weighted by molar-refractivity contribution is 7.99. The number of hydrogen-bond acceptors (Lipinski definition) is 10. The van der Waals surface area contributed by atoms with Crippen LogP contribution in [0.25, 0.3) is 16.8 Å². The molecule has 1 aliphatic rings. The van der Waals surface area contributed by atoms with E-state index in [2.05, 4.69) is 44.4 Å². The summed E-state index contributed by atoms with van der Waals surface area (Å²) in [5.74, 6) is 0.436. The first-order valence-electron chi connectivity index (χ1n) is 19.0. The number of unbranched alkanes of at least 4 members (excludes halogenated alkanes) is 1. The predicted octanol–water partition coefficient (Wildman–Crippen LogP) is 7.56. The van der Waals surface area contributed by atoms with Crippen molar-refractivity contribution in [3.8, 4) is 16.8 Å². The maximum Gasteiger partial charge on any atom is 0.224 e. The van der Waals surface area contributed by atoms with Gasteiger partial charge in [-0.3, -0.25) is 9.59 Å². The molecule has 6 aromatic rings. The average Bonchev–Trinajstić information content (AvgIpc) is 3.74. The monoisotopic (exact) mass is 783 g/mol. The van der Waals surface area contributed by atoms with E-state index in [0.717, 1.165) is 39.1 Å². The lowest BCUT2D eigenvalue weighted by Crippen LogP contribution is -2.31. The summed E-state index contributed by atoms with van der Waals surface area (Å²) >= 11 is 1.54. The van der Waals surface area contributed by atoms with E-state index in [4.69, 9.17) is 15.2 Å². The van der Waals surface area contributed by atoms with Crippen molar-refractivity contribution in [3.63, 3.8) is 0 Å². The van der Waals surface area contributed by atoms with Crippen LogP contribution in [0.2, 0.25) is 0 Å². The van der Waals surface area contributed by atoms with Gasteiger partial charge in [-0.05, 0) is 81.4 Å². The lowest BCUT2D eigenvalue weighted by molar-refractivity contribution is -0.245. The summed E-state index contributed by atoms with van der Waals surface area (Å²) < 4.78 is 14.9. The number of ether oxygens (including phenoxy) is 2. The topological polar surface area (TPSA) is 167 Å². The maximum atomic E-state index is 12.6. The second kappa shape index (κ2) is 19.3. The molecule has 1 aromatic heterocycles. The molecule has 1 saturated heterocycles. The molecule has 0 spiro atoms. The van der Waals surface area contributed by atoms with Gasteiger partial charge in [-0.1, -0.05) is 109 Å². The number of amides is 2. The molecular weight excluding hydrogens is 739 g/mol. The number of nitrogens with two attached hydrogens (primary N) is 1. The van der Waals surface area contributed by atoms with E-state index in [-0.39, 0.29) is 30.6 Å². The lowest BCUT2D eigenvalue weighted by atomic mass is 9.99. The number of hydrogen-bond donors (Lipinski definition) is 4. The Morgan fingerprint density at radius 2 is 1.53 bits per heavy atom. The number of para-hydroxylation sites is 3. The van der Waals surface area contributed by atoms with E-state index in [1.54, 1.807) is 16.8 Å². The minimum absolute atomic E-state index is 0.0214. The maximum absolute atomic E-state index is 12.6. The van der Waals surface area contributed by atoms with Crippen molar-refractivity contribution in [1.82, 2.24) is 25.5 Å². The van der Waals surface area contributed by atoms with Gasteiger partial charge in [0.15, 0.2) is 6.29 Å². The zero-order valence-electron chi connectivity index (χ0n) is 31.4. The van der Waals surface area contributed by atoms with Crippen LogP contribution in [0.3, 0.4) is 0 Å². The quantitative estimate of drug-likeness (QED) is 0.0437. The number of rotatable bonds is 16. The summed E-state index contributed by atoms with van der Waals surface area (Å²) in [5.41, 5.74) is 13.7. The van der Waals surface area contributed by atoms with Crippen LogP contribution in [0.4, 0.5) is 11.4 Å². The van der Waals surface area contributed by atoms with Crippen molar-refractivity contribution in [1.29, 1.82) is 0 Å². The number of nitrogen functional groups attached to an aromatic ring is 1. The minimum atomic E-state index is -0.607. The van der Waals surface area contributed by atoms with Gasteiger partial charge < -0.3 is 30.9 Å². The number of aromatic nitrogens is 4. The number of nitrogens with one attached hydrogen (secondary N) is 2. The fourth-order valence-electron chi connectivity index (χ4n) is 6.57. The first-order chi connectivity index (χ1) is 27.9.